The maximum atomic E-state index is 13.0. The van der Waals surface area contributed by atoms with Gasteiger partial charge in [0.25, 0.3) is 10.0 Å². The number of urea groups is 1. The fourth-order valence-corrected chi connectivity index (χ4v) is 5.08. The van der Waals surface area contributed by atoms with Crippen molar-refractivity contribution in [2.45, 2.75) is 18.2 Å². The molecule has 0 aliphatic carbocycles. The van der Waals surface area contributed by atoms with Crippen molar-refractivity contribution in [3.05, 3.63) is 78.4 Å². The van der Waals surface area contributed by atoms with Crippen LogP contribution in [-0.4, -0.2) is 27.6 Å². The molecule has 0 bridgehead atoms. The molecule has 0 fully saturated rings. The molecule has 1 aliphatic rings. The number of carbonyl (C=O) groups excluding carboxylic acids is 1. The monoisotopic (exact) mass is 437 g/mol. The first-order valence-corrected chi connectivity index (χ1v) is 11.4. The molecule has 4 rings (SSSR count). The summed E-state index contributed by atoms with van der Waals surface area (Å²) < 4.78 is 32.9. The van der Waals surface area contributed by atoms with Crippen LogP contribution in [0.5, 0.6) is 5.75 Å². The van der Waals surface area contributed by atoms with E-state index in [-0.39, 0.29) is 4.90 Å². The molecule has 1 aliphatic heterocycles. The van der Waals surface area contributed by atoms with Crippen LogP contribution >= 0.6 is 0 Å². The van der Waals surface area contributed by atoms with Crippen molar-refractivity contribution in [3.63, 3.8) is 0 Å². The van der Waals surface area contributed by atoms with Gasteiger partial charge in [-0.15, -0.1) is 0 Å². The van der Waals surface area contributed by atoms with Gasteiger partial charge in [-0.25, -0.2) is 13.2 Å². The highest BCUT2D eigenvalue weighted by Crippen LogP contribution is 2.34. The van der Waals surface area contributed by atoms with E-state index in [0.29, 0.717) is 42.4 Å². The lowest BCUT2D eigenvalue weighted by Crippen LogP contribution is -2.29. The van der Waals surface area contributed by atoms with Gasteiger partial charge in [-0.2, -0.15) is 0 Å². The van der Waals surface area contributed by atoms with E-state index in [4.69, 9.17) is 4.74 Å². The number of para-hydroxylation sites is 2. The second-order valence-corrected chi connectivity index (χ2v) is 8.85. The predicted molar refractivity (Wildman–Crippen MR) is 121 cm³/mol. The van der Waals surface area contributed by atoms with Gasteiger partial charge in [0.2, 0.25) is 0 Å². The summed E-state index contributed by atoms with van der Waals surface area (Å²) in [6.45, 7) is 2.74. The summed E-state index contributed by atoms with van der Waals surface area (Å²) in [5.41, 5.74) is 2.66. The van der Waals surface area contributed by atoms with E-state index in [2.05, 4.69) is 10.6 Å². The number of amides is 2. The SMILES string of the molecule is CCOc1ccccc1NC(=O)Nc1ccc2c(c1)CCN2S(=O)(=O)c1ccccc1. The molecule has 0 saturated carbocycles. The van der Waals surface area contributed by atoms with Gasteiger partial charge in [0, 0.05) is 12.2 Å². The van der Waals surface area contributed by atoms with Gasteiger partial charge in [-0.3, -0.25) is 4.31 Å². The van der Waals surface area contributed by atoms with Gasteiger partial charge in [-0.05, 0) is 61.4 Å². The minimum Gasteiger partial charge on any atom is -0.492 e. The highest BCUT2D eigenvalue weighted by atomic mass is 32.2. The van der Waals surface area contributed by atoms with Crippen molar-refractivity contribution in [2.75, 3.05) is 28.1 Å². The van der Waals surface area contributed by atoms with Crippen molar-refractivity contribution in [1.82, 2.24) is 0 Å². The van der Waals surface area contributed by atoms with Crippen molar-refractivity contribution in [3.8, 4) is 5.75 Å². The molecule has 0 aromatic heterocycles. The minimum atomic E-state index is -3.62. The Bertz CT molecular complexity index is 1200. The third-order valence-corrected chi connectivity index (χ3v) is 6.78. The Hall–Kier alpha value is -3.52. The molecule has 0 unspecified atom stereocenters. The second kappa shape index (κ2) is 8.69. The number of carbonyl (C=O) groups is 1. The van der Waals surface area contributed by atoms with E-state index in [1.165, 1.54) is 4.31 Å². The molecule has 3 aromatic carbocycles. The van der Waals surface area contributed by atoms with Gasteiger partial charge >= 0.3 is 6.03 Å². The molecule has 0 atom stereocenters. The topological polar surface area (TPSA) is 87.7 Å². The normalized spacial score (nSPS) is 12.9. The number of nitrogens with one attached hydrogen (secondary N) is 2. The van der Waals surface area contributed by atoms with E-state index in [1.807, 2.05) is 25.1 Å². The number of benzene rings is 3. The predicted octanol–water partition coefficient (Wildman–Crippen LogP) is 4.48. The van der Waals surface area contributed by atoms with Crippen molar-refractivity contribution in [2.24, 2.45) is 0 Å². The molecule has 3 aromatic rings. The molecular formula is C23H23N3O4S. The molecule has 0 saturated heterocycles. The lowest BCUT2D eigenvalue weighted by Gasteiger charge is -2.20. The molecule has 0 radical (unpaired) electrons. The molecule has 31 heavy (non-hydrogen) atoms. The number of fused-ring (bicyclic) bond motifs is 1. The van der Waals surface area contributed by atoms with Crippen molar-refractivity contribution < 1.29 is 17.9 Å². The van der Waals surface area contributed by atoms with Crippen molar-refractivity contribution in [1.29, 1.82) is 0 Å². The molecule has 0 spiro atoms. The average Bonchev–Trinajstić information content (AvgIpc) is 3.20. The fraction of sp³-hybridized carbons (Fsp3) is 0.174. The van der Waals surface area contributed by atoms with E-state index < -0.39 is 16.1 Å². The molecule has 2 amide bonds. The smallest absolute Gasteiger partial charge is 0.323 e. The van der Waals surface area contributed by atoms with Gasteiger partial charge in [-0.1, -0.05) is 30.3 Å². The highest BCUT2D eigenvalue weighted by molar-refractivity contribution is 7.92. The Morgan fingerprint density at radius 2 is 1.74 bits per heavy atom. The zero-order valence-corrected chi connectivity index (χ0v) is 17.9. The first-order valence-electron chi connectivity index (χ1n) is 9.99. The fourth-order valence-electron chi connectivity index (χ4n) is 3.55. The van der Waals surface area contributed by atoms with Crippen LogP contribution in [0.4, 0.5) is 21.9 Å². The van der Waals surface area contributed by atoms with Crippen LogP contribution in [0.3, 0.4) is 0 Å². The van der Waals surface area contributed by atoms with Crippen LogP contribution < -0.4 is 19.7 Å². The quantitative estimate of drug-likeness (QED) is 0.595. The highest BCUT2D eigenvalue weighted by Gasteiger charge is 2.30. The Labute approximate surface area is 181 Å². The van der Waals surface area contributed by atoms with Gasteiger partial charge < -0.3 is 15.4 Å². The first-order chi connectivity index (χ1) is 15.0. The Balaban J connectivity index is 1.49. The van der Waals surface area contributed by atoms with Gasteiger partial charge in [0.15, 0.2) is 0 Å². The zero-order chi connectivity index (χ0) is 21.8. The first kappa shape index (κ1) is 20.7. The largest absolute Gasteiger partial charge is 0.492 e. The number of rotatable bonds is 6. The number of sulfonamides is 1. The maximum Gasteiger partial charge on any atom is 0.323 e. The van der Waals surface area contributed by atoms with E-state index in [9.17, 15) is 13.2 Å². The van der Waals surface area contributed by atoms with Gasteiger partial charge in [0.1, 0.15) is 5.75 Å². The molecule has 8 heteroatoms. The summed E-state index contributed by atoms with van der Waals surface area (Å²) in [5.74, 6) is 0.593. The summed E-state index contributed by atoms with van der Waals surface area (Å²) in [5, 5.41) is 5.59. The Morgan fingerprint density at radius 1 is 1.00 bits per heavy atom. The lowest BCUT2D eigenvalue weighted by atomic mass is 10.1. The number of anilines is 3. The number of nitrogens with zero attached hydrogens (tertiary/aromatic N) is 1. The molecular weight excluding hydrogens is 414 g/mol. The summed E-state index contributed by atoms with van der Waals surface area (Å²) in [7, 11) is -3.62. The minimum absolute atomic E-state index is 0.261. The third kappa shape index (κ3) is 4.34. The average molecular weight is 438 g/mol. The summed E-state index contributed by atoms with van der Waals surface area (Å²) in [4.78, 5) is 12.7. The Kier molecular flexibility index (Phi) is 5.81. The maximum absolute atomic E-state index is 13.0. The van der Waals surface area contributed by atoms with Gasteiger partial charge in [0.05, 0.1) is 22.9 Å². The van der Waals surface area contributed by atoms with Crippen LogP contribution in [-0.2, 0) is 16.4 Å². The number of hydrogen-bond acceptors (Lipinski definition) is 4. The molecule has 160 valence electrons. The lowest BCUT2D eigenvalue weighted by molar-refractivity contribution is 0.262. The Morgan fingerprint density at radius 3 is 2.52 bits per heavy atom. The van der Waals surface area contributed by atoms with E-state index in [0.717, 1.165) is 5.56 Å². The van der Waals surface area contributed by atoms with Crippen LogP contribution in [0, 0.1) is 0 Å². The van der Waals surface area contributed by atoms with Crippen LogP contribution in [0.2, 0.25) is 0 Å². The van der Waals surface area contributed by atoms with Crippen LogP contribution in [0.15, 0.2) is 77.7 Å². The molecule has 2 N–H and O–H groups in total. The van der Waals surface area contributed by atoms with E-state index in [1.54, 1.807) is 54.6 Å². The number of ether oxygens (including phenoxy) is 1. The second-order valence-electron chi connectivity index (χ2n) is 6.99. The van der Waals surface area contributed by atoms with Crippen LogP contribution in [0.1, 0.15) is 12.5 Å². The number of hydrogen-bond donors (Lipinski definition) is 2. The van der Waals surface area contributed by atoms with Crippen LogP contribution in [0.25, 0.3) is 0 Å². The van der Waals surface area contributed by atoms with E-state index >= 15 is 0 Å². The third-order valence-electron chi connectivity index (χ3n) is 4.96. The standard InChI is InChI=1S/C23H23N3O4S/c1-2-30-22-11-7-6-10-20(22)25-23(27)24-18-12-13-21-17(16-18)14-15-26(21)31(28,29)19-8-4-3-5-9-19/h3-13,16H,2,14-15H2,1H3,(H2,24,25,27). The summed E-state index contributed by atoms with van der Waals surface area (Å²) >= 11 is 0. The summed E-state index contributed by atoms with van der Waals surface area (Å²) in [6.07, 6.45) is 0.575. The van der Waals surface area contributed by atoms with Crippen molar-refractivity contribution >= 4 is 33.1 Å². The molecule has 7 nitrogen and oxygen atoms in total. The summed E-state index contributed by atoms with van der Waals surface area (Å²) in [6, 6.07) is 20.4. The molecule has 1 heterocycles. The zero-order valence-electron chi connectivity index (χ0n) is 17.0.